The van der Waals surface area contributed by atoms with Gasteiger partial charge in [-0.2, -0.15) is 0 Å². The van der Waals surface area contributed by atoms with Crippen molar-refractivity contribution < 1.29 is 19.0 Å². The molecule has 0 bridgehead atoms. The second kappa shape index (κ2) is 8.90. The maximum Gasteiger partial charge on any atom is 0.123 e. The van der Waals surface area contributed by atoms with Gasteiger partial charge in [-0.1, -0.05) is 12.1 Å². The van der Waals surface area contributed by atoms with Crippen molar-refractivity contribution in [1.82, 2.24) is 4.90 Å². The topological polar surface area (TPSA) is 41.9 Å². The number of halogens is 1. The molecular weight excluding hydrogens is 309 g/mol. The van der Waals surface area contributed by atoms with Gasteiger partial charge in [0, 0.05) is 19.8 Å². The summed E-state index contributed by atoms with van der Waals surface area (Å²) in [5, 5.41) is 10.2. The fourth-order valence-corrected chi connectivity index (χ4v) is 3.62. The molecule has 1 unspecified atom stereocenters. The van der Waals surface area contributed by atoms with E-state index in [4.69, 9.17) is 9.47 Å². The molecule has 0 amide bonds. The highest BCUT2D eigenvalue weighted by Gasteiger charge is 2.23. The summed E-state index contributed by atoms with van der Waals surface area (Å²) in [4.78, 5) is 2.30. The first-order chi connectivity index (χ1) is 11.7. The van der Waals surface area contributed by atoms with Crippen molar-refractivity contribution in [3.63, 3.8) is 0 Å². The normalized spacial score (nSPS) is 22.6. The second-order valence-corrected chi connectivity index (χ2v) is 6.93. The summed E-state index contributed by atoms with van der Waals surface area (Å²) in [6, 6.07) is 6.87. The van der Waals surface area contributed by atoms with E-state index in [0.717, 1.165) is 52.0 Å². The number of benzene rings is 1. The van der Waals surface area contributed by atoms with Crippen LogP contribution in [0.25, 0.3) is 0 Å². The molecule has 2 saturated heterocycles. The number of hydrogen-bond acceptors (Lipinski definition) is 4. The van der Waals surface area contributed by atoms with Crippen molar-refractivity contribution in [2.24, 2.45) is 0 Å². The highest BCUT2D eigenvalue weighted by Crippen LogP contribution is 2.28. The zero-order chi connectivity index (χ0) is 16.8. The van der Waals surface area contributed by atoms with Gasteiger partial charge in [0.25, 0.3) is 0 Å². The van der Waals surface area contributed by atoms with Crippen LogP contribution in [0, 0.1) is 5.82 Å². The van der Waals surface area contributed by atoms with Crippen molar-refractivity contribution in [1.29, 1.82) is 0 Å². The number of ether oxygens (including phenoxy) is 2. The van der Waals surface area contributed by atoms with Crippen LogP contribution >= 0.6 is 0 Å². The van der Waals surface area contributed by atoms with Crippen LogP contribution in [-0.4, -0.2) is 61.7 Å². The summed E-state index contributed by atoms with van der Waals surface area (Å²) in [5.74, 6) is 0.321. The summed E-state index contributed by atoms with van der Waals surface area (Å²) < 4.78 is 24.1. The maximum atomic E-state index is 13.0. The van der Waals surface area contributed by atoms with E-state index in [1.807, 2.05) is 12.1 Å². The van der Waals surface area contributed by atoms with Crippen LogP contribution in [-0.2, 0) is 9.47 Å². The Kier molecular flexibility index (Phi) is 6.60. The maximum absolute atomic E-state index is 13.0. The minimum absolute atomic E-state index is 0.177. The Labute approximate surface area is 143 Å². The lowest BCUT2D eigenvalue weighted by atomic mass is 9.89. The lowest BCUT2D eigenvalue weighted by Crippen LogP contribution is -2.40. The second-order valence-electron chi connectivity index (χ2n) is 6.93. The van der Waals surface area contributed by atoms with Gasteiger partial charge in [0.2, 0.25) is 0 Å². The largest absolute Gasteiger partial charge is 0.389 e. The number of piperidine rings is 1. The minimum atomic E-state index is -0.435. The number of rotatable bonds is 6. The van der Waals surface area contributed by atoms with E-state index in [9.17, 15) is 9.50 Å². The lowest BCUT2D eigenvalue weighted by Gasteiger charge is -2.33. The van der Waals surface area contributed by atoms with Crippen LogP contribution < -0.4 is 0 Å². The third kappa shape index (κ3) is 5.24. The van der Waals surface area contributed by atoms with Gasteiger partial charge in [0.1, 0.15) is 5.82 Å². The van der Waals surface area contributed by atoms with E-state index in [1.165, 1.54) is 5.56 Å². The molecule has 5 heteroatoms. The number of aliphatic hydroxyl groups excluding tert-OH is 1. The molecule has 2 aliphatic rings. The summed E-state index contributed by atoms with van der Waals surface area (Å²) >= 11 is 0. The van der Waals surface area contributed by atoms with Crippen LogP contribution in [0.1, 0.15) is 37.2 Å². The van der Waals surface area contributed by atoms with Crippen LogP contribution in [0.15, 0.2) is 24.3 Å². The highest BCUT2D eigenvalue weighted by molar-refractivity contribution is 5.21. The Balaban J connectivity index is 1.36. The van der Waals surface area contributed by atoms with Crippen LogP contribution in [0.5, 0.6) is 0 Å². The molecule has 3 rings (SSSR count). The highest BCUT2D eigenvalue weighted by atomic mass is 19.1. The monoisotopic (exact) mass is 337 g/mol. The standard InChI is InChI=1S/C19H28FNO3/c20-17-3-1-15(2-4-17)16-5-9-21(10-6-16)13-18(22)14-24-19-7-11-23-12-8-19/h1-4,16,18-19,22H,5-14H2. The Morgan fingerprint density at radius 2 is 1.79 bits per heavy atom. The third-order valence-corrected chi connectivity index (χ3v) is 5.09. The molecule has 1 aromatic rings. The van der Waals surface area contributed by atoms with Gasteiger partial charge in [-0.05, 0) is 62.4 Å². The third-order valence-electron chi connectivity index (χ3n) is 5.09. The van der Waals surface area contributed by atoms with Crippen LogP contribution in [0.3, 0.4) is 0 Å². The fraction of sp³-hybridized carbons (Fsp3) is 0.684. The molecule has 0 spiro atoms. The zero-order valence-electron chi connectivity index (χ0n) is 14.2. The zero-order valence-corrected chi connectivity index (χ0v) is 14.2. The molecule has 1 aromatic carbocycles. The van der Waals surface area contributed by atoms with E-state index in [1.54, 1.807) is 12.1 Å². The molecule has 0 aromatic heterocycles. The molecule has 24 heavy (non-hydrogen) atoms. The van der Waals surface area contributed by atoms with Gasteiger partial charge in [-0.15, -0.1) is 0 Å². The summed E-state index contributed by atoms with van der Waals surface area (Å²) in [6.45, 7) is 4.53. The number of aliphatic hydroxyl groups is 1. The van der Waals surface area contributed by atoms with Crippen LogP contribution in [0.4, 0.5) is 4.39 Å². The molecule has 0 radical (unpaired) electrons. The van der Waals surface area contributed by atoms with Crippen molar-refractivity contribution in [3.05, 3.63) is 35.6 Å². The van der Waals surface area contributed by atoms with Crippen molar-refractivity contribution >= 4 is 0 Å². The van der Waals surface area contributed by atoms with Gasteiger partial charge >= 0.3 is 0 Å². The average molecular weight is 337 g/mol. The van der Waals surface area contributed by atoms with Crippen molar-refractivity contribution in [3.8, 4) is 0 Å². The number of hydrogen-bond donors (Lipinski definition) is 1. The molecule has 134 valence electrons. The SMILES string of the molecule is OC(COC1CCOCC1)CN1CCC(c2ccc(F)cc2)CC1. The van der Waals surface area contributed by atoms with Gasteiger partial charge < -0.3 is 19.5 Å². The van der Waals surface area contributed by atoms with Crippen LogP contribution in [0.2, 0.25) is 0 Å². The first-order valence-electron chi connectivity index (χ1n) is 9.06. The molecule has 1 atom stereocenters. The molecule has 0 saturated carbocycles. The van der Waals surface area contributed by atoms with Crippen molar-refractivity contribution in [2.75, 3.05) is 39.5 Å². The Bertz CT molecular complexity index is 482. The Morgan fingerprint density at radius 1 is 1.12 bits per heavy atom. The summed E-state index contributed by atoms with van der Waals surface area (Å²) in [6.07, 6.45) is 3.76. The van der Waals surface area contributed by atoms with E-state index in [-0.39, 0.29) is 11.9 Å². The Morgan fingerprint density at radius 3 is 2.46 bits per heavy atom. The molecule has 2 heterocycles. The van der Waals surface area contributed by atoms with E-state index in [0.29, 0.717) is 19.1 Å². The molecule has 1 N–H and O–H groups in total. The fourth-order valence-electron chi connectivity index (χ4n) is 3.62. The minimum Gasteiger partial charge on any atom is -0.389 e. The first-order valence-corrected chi connectivity index (χ1v) is 9.06. The first kappa shape index (κ1) is 17.8. The van der Waals surface area contributed by atoms with Gasteiger partial charge in [0.05, 0.1) is 18.8 Å². The quantitative estimate of drug-likeness (QED) is 0.866. The van der Waals surface area contributed by atoms with E-state index >= 15 is 0 Å². The van der Waals surface area contributed by atoms with Gasteiger partial charge in [-0.25, -0.2) is 4.39 Å². The Hall–Kier alpha value is -1.01. The predicted octanol–water partition coefficient (Wildman–Crippen LogP) is 2.56. The predicted molar refractivity (Wildman–Crippen MR) is 90.6 cm³/mol. The molecular formula is C19H28FNO3. The molecule has 0 aliphatic carbocycles. The summed E-state index contributed by atoms with van der Waals surface area (Å²) in [5.41, 5.74) is 1.22. The molecule has 2 aliphatic heterocycles. The molecule has 4 nitrogen and oxygen atoms in total. The van der Waals surface area contributed by atoms with Gasteiger partial charge in [0.15, 0.2) is 0 Å². The van der Waals surface area contributed by atoms with Gasteiger partial charge in [-0.3, -0.25) is 0 Å². The van der Waals surface area contributed by atoms with E-state index < -0.39 is 6.10 Å². The smallest absolute Gasteiger partial charge is 0.123 e. The number of nitrogens with zero attached hydrogens (tertiary/aromatic N) is 1. The van der Waals surface area contributed by atoms with Crippen molar-refractivity contribution in [2.45, 2.75) is 43.8 Å². The average Bonchev–Trinajstić information content (AvgIpc) is 2.62. The summed E-state index contributed by atoms with van der Waals surface area (Å²) in [7, 11) is 0. The number of β-amino-alcohol motifs (C(OH)–C–C–N with tert-alkyl or cyclic N) is 1. The van der Waals surface area contributed by atoms with E-state index in [2.05, 4.69) is 4.90 Å². The lowest BCUT2D eigenvalue weighted by molar-refractivity contribution is -0.0649. The number of likely N-dealkylation sites (tertiary alicyclic amines) is 1. The molecule has 2 fully saturated rings.